The van der Waals surface area contributed by atoms with Crippen LogP contribution < -0.4 is 4.90 Å². The Balaban J connectivity index is 1.65. The molecule has 0 radical (unpaired) electrons. The number of benzene rings is 1. The van der Waals surface area contributed by atoms with E-state index in [9.17, 15) is 4.39 Å². The highest BCUT2D eigenvalue weighted by Gasteiger charge is 2.27. The molecule has 4 rings (SSSR count). The van der Waals surface area contributed by atoms with Crippen molar-refractivity contribution in [2.45, 2.75) is 12.6 Å². The Morgan fingerprint density at radius 2 is 2.00 bits per heavy atom. The van der Waals surface area contributed by atoms with Crippen LogP contribution in [-0.4, -0.2) is 58.4 Å². The van der Waals surface area contributed by atoms with Crippen molar-refractivity contribution >= 4 is 5.95 Å². The molecule has 3 heterocycles. The van der Waals surface area contributed by atoms with Crippen molar-refractivity contribution in [1.82, 2.24) is 24.6 Å². The highest BCUT2D eigenvalue weighted by molar-refractivity contribution is 5.66. The molecular formula is C21H25FN6O. The van der Waals surface area contributed by atoms with Gasteiger partial charge in [0.2, 0.25) is 5.95 Å². The summed E-state index contributed by atoms with van der Waals surface area (Å²) in [6.07, 6.45) is 3.42. The van der Waals surface area contributed by atoms with Crippen LogP contribution in [-0.2, 0) is 18.3 Å². The van der Waals surface area contributed by atoms with E-state index in [1.165, 1.54) is 12.1 Å². The maximum absolute atomic E-state index is 13.4. The first-order valence-electron chi connectivity index (χ1n) is 9.62. The lowest BCUT2D eigenvalue weighted by atomic mass is 10.0. The van der Waals surface area contributed by atoms with E-state index in [1.807, 2.05) is 43.0 Å². The maximum atomic E-state index is 13.4. The van der Waals surface area contributed by atoms with Gasteiger partial charge in [-0.15, -0.1) is 0 Å². The summed E-state index contributed by atoms with van der Waals surface area (Å²) in [5, 5.41) is 4.25. The van der Waals surface area contributed by atoms with Crippen LogP contribution in [0.15, 0.2) is 42.7 Å². The minimum atomic E-state index is -0.266. The molecule has 1 aliphatic rings. The van der Waals surface area contributed by atoms with Crippen LogP contribution in [0.1, 0.15) is 17.5 Å². The van der Waals surface area contributed by atoms with Gasteiger partial charge in [0.05, 0.1) is 18.0 Å². The van der Waals surface area contributed by atoms with E-state index in [2.05, 4.69) is 15.0 Å². The highest BCUT2D eigenvalue weighted by Crippen LogP contribution is 2.32. The molecular weight excluding hydrogens is 371 g/mol. The molecule has 7 nitrogen and oxygen atoms in total. The molecule has 152 valence electrons. The molecule has 1 aliphatic heterocycles. The van der Waals surface area contributed by atoms with Gasteiger partial charge in [-0.25, -0.2) is 14.4 Å². The van der Waals surface area contributed by atoms with Gasteiger partial charge < -0.3 is 9.64 Å². The average Bonchev–Trinajstić information content (AvgIpc) is 3.13. The third-order valence-electron chi connectivity index (χ3n) is 5.12. The Bertz CT molecular complexity index is 972. The van der Waals surface area contributed by atoms with Crippen molar-refractivity contribution in [3.05, 3.63) is 59.9 Å². The molecule has 0 aliphatic carbocycles. The van der Waals surface area contributed by atoms with Crippen molar-refractivity contribution in [3.8, 4) is 11.1 Å². The second-order valence-corrected chi connectivity index (χ2v) is 7.41. The number of nitrogens with zero attached hydrogens (tertiary/aromatic N) is 6. The molecule has 1 saturated heterocycles. The minimum Gasteiger partial charge on any atom is -0.369 e. The summed E-state index contributed by atoms with van der Waals surface area (Å²) in [7, 11) is 5.77. The predicted octanol–water partition coefficient (Wildman–Crippen LogP) is 2.66. The van der Waals surface area contributed by atoms with Crippen LogP contribution in [0.2, 0.25) is 0 Å². The fourth-order valence-corrected chi connectivity index (χ4v) is 3.50. The Labute approximate surface area is 169 Å². The minimum absolute atomic E-state index is 0.196. The first-order chi connectivity index (χ1) is 14.0. The lowest BCUT2D eigenvalue weighted by Crippen LogP contribution is -2.38. The highest BCUT2D eigenvalue weighted by atomic mass is 19.1. The number of anilines is 1. The van der Waals surface area contributed by atoms with Crippen molar-refractivity contribution in [1.29, 1.82) is 0 Å². The number of morpholine rings is 1. The Hall–Kier alpha value is -2.84. The SMILES string of the molecule is CN(C)c1ncc(-c2ccc(F)cc2)c([C@H]2CN(Cc3ccnn3C)CCO2)n1. The van der Waals surface area contributed by atoms with E-state index in [-0.39, 0.29) is 11.9 Å². The summed E-state index contributed by atoms with van der Waals surface area (Å²) >= 11 is 0. The molecule has 1 aromatic carbocycles. The zero-order chi connectivity index (χ0) is 20.4. The van der Waals surface area contributed by atoms with Crippen molar-refractivity contribution in [3.63, 3.8) is 0 Å². The van der Waals surface area contributed by atoms with Crippen LogP contribution >= 0.6 is 0 Å². The largest absolute Gasteiger partial charge is 0.369 e. The molecule has 1 fully saturated rings. The van der Waals surface area contributed by atoms with Gasteiger partial charge in [-0.2, -0.15) is 5.10 Å². The van der Waals surface area contributed by atoms with E-state index in [4.69, 9.17) is 9.72 Å². The molecule has 0 N–H and O–H groups in total. The number of ether oxygens (including phenoxy) is 1. The van der Waals surface area contributed by atoms with Crippen molar-refractivity contribution < 1.29 is 9.13 Å². The predicted molar refractivity (Wildman–Crippen MR) is 109 cm³/mol. The molecule has 8 heteroatoms. The Kier molecular flexibility index (Phi) is 5.55. The van der Waals surface area contributed by atoms with Gasteiger partial charge in [0.25, 0.3) is 0 Å². The third-order valence-corrected chi connectivity index (χ3v) is 5.12. The molecule has 29 heavy (non-hydrogen) atoms. The number of rotatable bonds is 5. The van der Waals surface area contributed by atoms with E-state index in [1.54, 1.807) is 18.3 Å². The molecule has 0 saturated carbocycles. The Morgan fingerprint density at radius 3 is 2.69 bits per heavy atom. The molecule has 0 amide bonds. The van der Waals surface area contributed by atoms with E-state index < -0.39 is 0 Å². The van der Waals surface area contributed by atoms with Gasteiger partial charge in [-0.3, -0.25) is 9.58 Å². The molecule has 0 bridgehead atoms. The van der Waals surface area contributed by atoms with Crippen LogP contribution in [0.5, 0.6) is 0 Å². The zero-order valence-electron chi connectivity index (χ0n) is 16.9. The summed E-state index contributed by atoms with van der Waals surface area (Å²) in [6, 6.07) is 8.44. The summed E-state index contributed by atoms with van der Waals surface area (Å²) in [4.78, 5) is 13.5. The summed E-state index contributed by atoms with van der Waals surface area (Å²) in [5.74, 6) is 0.357. The monoisotopic (exact) mass is 396 g/mol. The van der Waals surface area contributed by atoms with Gasteiger partial charge in [0, 0.05) is 58.7 Å². The first-order valence-corrected chi connectivity index (χ1v) is 9.62. The van der Waals surface area contributed by atoms with E-state index in [0.717, 1.165) is 35.6 Å². The van der Waals surface area contributed by atoms with Gasteiger partial charge in [-0.05, 0) is 23.8 Å². The van der Waals surface area contributed by atoms with Crippen molar-refractivity contribution in [2.24, 2.45) is 7.05 Å². The zero-order valence-corrected chi connectivity index (χ0v) is 16.9. The standard InChI is InChI=1S/C21H25FN6O/c1-26(2)21-23-12-18(15-4-6-16(22)7-5-15)20(25-21)19-14-28(10-11-29-19)13-17-8-9-24-27(17)3/h4-9,12,19H,10-11,13-14H2,1-3H3/t19-/m1/s1. The van der Waals surface area contributed by atoms with Gasteiger partial charge in [-0.1, -0.05) is 12.1 Å². The average molecular weight is 396 g/mol. The quantitative estimate of drug-likeness (QED) is 0.661. The third kappa shape index (κ3) is 4.28. The number of aryl methyl sites for hydroxylation is 1. The fraction of sp³-hybridized carbons (Fsp3) is 0.381. The first kappa shape index (κ1) is 19.5. The van der Waals surface area contributed by atoms with E-state index in [0.29, 0.717) is 19.1 Å². The summed E-state index contributed by atoms with van der Waals surface area (Å²) < 4.78 is 21.4. The van der Waals surface area contributed by atoms with Crippen LogP contribution in [0.4, 0.5) is 10.3 Å². The number of hydrogen-bond acceptors (Lipinski definition) is 6. The second kappa shape index (κ2) is 8.26. The molecule has 1 atom stereocenters. The topological polar surface area (TPSA) is 59.3 Å². The lowest BCUT2D eigenvalue weighted by Gasteiger charge is -2.33. The molecule has 3 aromatic rings. The molecule has 0 unspecified atom stereocenters. The molecule has 0 spiro atoms. The summed E-state index contributed by atoms with van der Waals surface area (Å²) in [6.45, 7) is 2.98. The normalized spacial score (nSPS) is 17.4. The van der Waals surface area contributed by atoms with Crippen molar-refractivity contribution in [2.75, 3.05) is 38.7 Å². The molecule has 2 aromatic heterocycles. The van der Waals surface area contributed by atoms with Crippen LogP contribution in [0, 0.1) is 5.82 Å². The maximum Gasteiger partial charge on any atom is 0.225 e. The fourth-order valence-electron chi connectivity index (χ4n) is 3.50. The summed E-state index contributed by atoms with van der Waals surface area (Å²) in [5.41, 5.74) is 3.72. The second-order valence-electron chi connectivity index (χ2n) is 7.41. The van der Waals surface area contributed by atoms with Gasteiger partial charge >= 0.3 is 0 Å². The number of aromatic nitrogens is 4. The van der Waals surface area contributed by atoms with Gasteiger partial charge in [0.15, 0.2) is 0 Å². The van der Waals surface area contributed by atoms with Gasteiger partial charge in [0.1, 0.15) is 11.9 Å². The van der Waals surface area contributed by atoms with Crippen LogP contribution in [0.25, 0.3) is 11.1 Å². The smallest absolute Gasteiger partial charge is 0.225 e. The number of hydrogen-bond donors (Lipinski definition) is 0. The van der Waals surface area contributed by atoms with E-state index >= 15 is 0 Å². The number of halogens is 1. The lowest BCUT2D eigenvalue weighted by molar-refractivity contribution is -0.0353. The van der Waals surface area contributed by atoms with Crippen LogP contribution in [0.3, 0.4) is 0 Å². The Morgan fingerprint density at radius 1 is 1.21 bits per heavy atom.